The fraction of sp³-hybridized carbons (Fsp3) is 0.222. The number of benzene rings is 2. The Morgan fingerprint density at radius 3 is 2.36 bits per heavy atom. The largest absolute Gasteiger partial charge is 0.494 e. The molecule has 0 aliphatic rings. The number of rotatable bonds is 5. The Hall–Kier alpha value is -2.73. The highest BCUT2D eigenvalue weighted by Gasteiger charge is 2.11. The van der Waals surface area contributed by atoms with Crippen LogP contribution in [0.25, 0.3) is 0 Å². The van der Waals surface area contributed by atoms with E-state index in [0.717, 1.165) is 5.56 Å². The van der Waals surface area contributed by atoms with Crippen LogP contribution in [-0.4, -0.2) is 19.0 Å². The van der Waals surface area contributed by atoms with Gasteiger partial charge < -0.3 is 20.7 Å². The molecule has 1 unspecified atom stereocenters. The molecule has 0 radical (unpaired) electrons. The molecule has 3 N–H and O–H groups in total. The lowest BCUT2D eigenvalue weighted by atomic mass is 10.1. The van der Waals surface area contributed by atoms with E-state index in [1.54, 1.807) is 30.3 Å². The van der Waals surface area contributed by atoms with E-state index in [1.807, 2.05) is 19.1 Å². The van der Waals surface area contributed by atoms with Gasteiger partial charge in [0.05, 0.1) is 18.8 Å². The molecule has 3 amide bonds. The maximum Gasteiger partial charge on any atom is 0.319 e. The molecule has 6 nitrogen and oxygen atoms in total. The van der Waals surface area contributed by atoms with Gasteiger partial charge in [-0.25, -0.2) is 4.79 Å². The van der Waals surface area contributed by atoms with Gasteiger partial charge in [0.2, 0.25) is 5.91 Å². The fourth-order valence-corrected chi connectivity index (χ4v) is 2.39. The smallest absolute Gasteiger partial charge is 0.319 e. The van der Waals surface area contributed by atoms with Crippen LogP contribution in [0.1, 0.15) is 25.5 Å². The van der Waals surface area contributed by atoms with Crippen molar-refractivity contribution in [2.24, 2.45) is 0 Å². The summed E-state index contributed by atoms with van der Waals surface area (Å²) in [5.41, 5.74) is 2.03. The van der Waals surface area contributed by atoms with E-state index in [1.165, 1.54) is 14.0 Å². The normalized spacial score (nSPS) is 11.4. The highest BCUT2D eigenvalue weighted by molar-refractivity contribution is 6.30. The van der Waals surface area contributed by atoms with Gasteiger partial charge >= 0.3 is 6.03 Å². The minimum absolute atomic E-state index is 0.183. The molecular weight excluding hydrogens is 342 g/mol. The highest BCUT2D eigenvalue weighted by atomic mass is 35.5. The molecule has 0 aliphatic heterocycles. The summed E-state index contributed by atoms with van der Waals surface area (Å²) in [7, 11) is 1.49. The molecule has 25 heavy (non-hydrogen) atoms. The zero-order chi connectivity index (χ0) is 18.4. The minimum Gasteiger partial charge on any atom is -0.494 e. The van der Waals surface area contributed by atoms with Gasteiger partial charge in [-0.3, -0.25) is 4.79 Å². The molecule has 0 bridgehead atoms. The van der Waals surface area contributed by atoms with Gasteiger partial charge in [0.25, 0.3) is 0 Å². The van der Waals surface area contributed by atoms with Gasteiger partial charge in [0, 0.05) is 23.7 Å². The topological polar surface area (TPSA) is 79.5 Å². The van der Waals surface area contributed by atoms with Crippen LogP contribution >= 0.6 is 11.6 Å². The summed E-state index contributed by atoms with van der Waals surface area (Å²) in [4.78, 5) is 23.3. The molecule has 0 aliphatic carbocycles. The van der Waals surface area contributed by atoms with Crippen molar-refractivity contribution in [1.82, 2.24) is 5.32 Å². The lowest BCUT2D eigenvalue weighted by molar-refractivity contribution is -0.114. The Bertz CT molecular complexity index is 763. The van der Waals surface area contributed by atoms with Crippen molar-refractivity contribution >= 4 is 34.9 Å². The molecule has 0 fully saturated rings. The van der Waals surface area contributed by atoms with E-state index in [2.05, 4.69) is 16.0 Å². The van der Waals surface area contributed by atoms with Gasteiger partial charge in [-0.1, -0.05) is 23.7 Å². The van der Waals surface area contributed by atoms with Gasteiger partial charge in [0.15, 0.2) is 0 Å². The van der Waals surface area contributed by atoms with Crippen LogP contribution in [0.3, 0.4) is 0 Å². The minimum atomic E-state index is -0.350. The van der Waals surface area contributed by atoms with Gasteiger partial charge in [-0.05, 0) is 36.8 Å². The number of methoxy groups -OCH3 is 1. The van der Waals surface area contributed by atoms with Gasteiger partial charge in [-0.15, -0.1) is 0 Å². The first-order chi connectivity index (χ1) is 11.9. The van der Waals surface area contributed by atoms with E-state index in [9.17, 15) is 9.59 Å². The summed E-state index contributed by atoms with van der Waals surface area (Å²) in [5, 5.41) is 8.89. The molecule has 0 saturated heterocycles. The quantitative estimate of drug-likeness (QED) is 0.747. The molecule has 0 aromatic heterocycles. The molecule has 0 heterocycles. The Kier molecular flexibility index (Phi) is 6.25. The van der Waals surface area contributed by atoms with E-state index < -0.39 is 0 Å². The summed E-state index contributed by atoms with van der Waals surface area (Å²) >= 11 is 5.86. The van der Waals surface area contributed by atoms with Crippen molar-refractivity contribution in [2.45, 2.75) is 19.9 Å². The Balaban J connectivity index is 2.02. The second-order valence-corrected chi connectivity index (χ2v) is 5.90. The van der Waals surface area contributed by atoms with E-state index in [4.69, 9.17) is 16.3 Å². The fourth-order valence-electron chi connectivity index (χ4n) is 2.26. The summed E-state index contributed by atoms with van der Waals surface area (Å²) in [6, 6.07) is 11.7. The Morgan fingerprint density at radius 1 is 1.08 bits per heavy atom. The lowest BCUT2D eigenvalue weighted by Crippen LogP contribution is -2.31. The molecular formula is C18H20ClN3O3. The SMILES string of the molecule is COc1cc(NC(=O)NC(C)c2ccc(Cl)cc2)ccc1NC(C)=O. The maximum absolute atomic E-state index is 12.2. The Labute approximate surface area is 151 Å². The van der Waals surface area contributed by atoms with Crippen LogP contribution < -0.4 is 20.7 Å². The van der Waals surface area contributed by atoms with Crippen molar-refractivity contribution in [3.05, 3.63) is 53.1 Å². The van der Waals surface area contributed by atoms with Crippen LogP contribution in [0.2, 0.25) is 5.02 Å². The number of hydrogen-bond donors (Lipinski definition) is 3. The number of carbonyl (C=O) groups excluding carboxylic acids is 2. The lowest BCUT2D eigenvalue weighted by Gasteiger charge is -2.16. The summed E-state index contributed by atoms with van der Waals surface area (Å²) in [6.45, 7) is 3.29. The number of halogens is 1. The molecule has 2 aromatic carbocycles. The number of carbonyl (C=O) groups is 2. The van der Waals surface area contributed by atoms with Crippen molar-refractivity contribution in [2.75, 3.05) is 17.7 Å². The number of hydrogen-bond acceptors (Lipinski definition) is 3. The maximum atomic E-state index is 12.2. The second kappa shape index (κ2) is 8.39. The Morgan fingerprint density at radius 2 is 1.76 bits per heavy atom. The van der Waals surface area contributed by atoms with Crippen LogP contribution in [0, 0.1) is 0 Å². The standard InChI is InChI=1S/C18H20ClN3O3/c1-11(13-4-6-14(19)7-5-13)20-18(24)22-15-8-9-16(21-12(2)23)17(10-15)25-3/h4-11H,1-3H3,(H,21,23)(H2,20,22,24). The zero-order valence-corrected chi connectivity index (χ0v) is 15.0. The first-order valence-electron chi connectivity index (χ1n) is 7.67. The van der Waals surface area contributed by atoms with Crippen LogP contribution in [0.5, 0.6) is 5.75 Å². The van der Waals surface area contributed by atoms with E-state index in [0.29, 0.717) is 22.1 Å². The number of amides is 3. The summed E-state index contributed by atoms with van der Waals surface area (Å²) in [5.74, 6) is 0.257. The third-order valence-electron chi connectivity index (χ3n) is 3.49. The number of urea groups is 1. The number of anilines is 2. The van der Waals surface area contributed by atoms with Crippen molar-refractivity contribution in [3.8, 4) is 5.75 Å². The van der Waals surface area contributed by atoms with Gasteiger partial charge in [0.1, 0.15) is 5.75 Å². The second-order valence-electron chi connectivity index (χ2n) is 5.47. The van der Waals surface area contributed by atoms with Crippen molar-refractivity contribution < 1.29 is 14.3 Å². The molecule has 0 saturated carbocycles. The molecule has 1 atom stereocenters. The summed E-state index contributed by atoms with van der Waals surface area (Å²) in [6.07, 6.45) is 0. The van der Waals surface area contributed by atoms with E-state index in [-0.39, 0.29) is 18.0 Å². The predicted octanol–water partition coefficient (Wildman–Crippen LogP) is 4.19. The van der Waals surface area contributed by atoms with Gasteiger partial charge in [-0.2, -0.15) is 0 Å². The third kappa shape index (κ3) is 5.39. The average Bonchev–Trinajstić information content (AvgIpc) is 2.56. The third-order valence-corrected chi connectivity index (χ3v) is 3.74. The monoisotopic (exact) mass is 361 g/mol. The van der Waals surface area contributed by atoms with Crippen molar-refractivity contribution in [1.29, 1.82) is 0 Å². The molecule has 2 aromatic rings. The first-order valence-corrected chi connectivity index (χ1v) is 8.05. The first kappa shape index (κ1) is 18.6. The van der Waals surface area contributed by atoms with Crippen molar-refractivity contribution in [3.63, 3.8) is 0 Å². The summed E-state index contributed by atoms with van der Waals surface area (Å²) < 4.78 is 5.23. The average molecular weight is 362 g/mol. The van der Waals surface area contributed by atoms with Crippen LogP contribution in [-0.2, 0) is 4.79 Å². The van der Waals surface area contributed by atoms with Crippen LogP contribution in [0.4, 0.5) is 16.2 Å². The number of ether oxygens (including phenoxy) is 1. The van der Waals surface area contributed by atoms with Crippen LogP contribution in [0.15, 0.2) is 42.5 Å². The molecule has 0 spiro atoms. The van der Waals surface area contributed by atoms with E-state index >= 15 is 0 Å². The zero-order valence-electron chi connectivity index (χ0n) is 14.2. The molecule has 2 rings (SSSR count). The molecule has 132 valence electrons. The number of nitrogens with one attached hydrogen (secondary N) is 3. The highest BCUT2D eigenvalue weighted by Crippen LogP contribution is 2.28. The predicted molar refractivity (Wildman–Crippen MR) is 99.3 cm³/mol. The molecule has 7 heteroatoms.